The fraction of sp³-hybridized carbons (Fsp3) is 0.529. The molecular formula is C17H22N4O3S2. The molecular weight excluding hydrogens is 372 g/mol. The Morgan fingerprint density at radius 1 is 1.31 bits per heavy atom. The van der Waals surface area contributed by atoms with E-state index in [0.29, 0.717) is 22.3 Å². The number of carbonyl (C=O) groups excluding carboxylic acids is 2. The number of hydrogen-bond acceptors (Lipinski definition) is 7. The van der Waals surface area contributed by atoms with E-state index in [1.54, 1.807) is 6.92 Å². The van der Waals surface area contributed by atoms with Crippen molar-refractivity contribution in [2.24, 2.45) is 0 Å². The van der Waals surface area contributed by atoms with E-state index in [1.165, 1.54) is 28.0 Å². The van der Waals surface area contributed by atoms with Crippen molar-refractivity contribution in [1.82, 2.24) is 15.2 Å². The fourth-order valence-electron chi connectivity index (χ4n) is 2.87. The molecule has 7 nitrogen and oxygen atoms in total. The third-order valence-electron chi connectivity index (χ3n) is 4.08. The summed E-state index contributed by atoms with van der Waals surface area (Å²) in [6.07, 6.45) is 4.76. The molecule has 0 saturated carbocycles. The number of aromatic nitrogens is 3. The fourth-order valence-corrected chi connectivity index (χ4v) is 4.78. The Morgan fingerprint density at radius 3 is 2.85 bits per heavy atom. The van der Waals surface area contributed by atoms with Crippen LogP contribution in [0.3, 0.4) is 0 Å². The zero-order valence-corrected chi connectivity index (χ0v) is 16.5. The van der Waals surface area contributed by atoms with Crippen LogP contribution in [-0.2, 0) is 28.8 Å². The summed E-state index contributed by atoms with van der Waals surface area (Å²) in [4.78, 5) is 30.2. The molecule has 0 radical (unpaired) electrons. The number of nitrogens with one attached hydrogen (secondary N) is 2. The highest BCUT2D eigenvalue weighted by Crippen LogP contribution is 2.38. The standard InChI is InChI=1S/C17H22N4O3S2/c1-3-12-18-17(21-20-12)25-9-13(22)19-15-14(16(23)24-4-2)10-7-5-6-8-11(10)26-15/h3-9H2,1-2H3,(H,19,22)(H,18,20,21). The Morgan fingerprint density at radius 2 is 2.12 bits per heavy atom. The third kappa shape index (κ3) is 4.27. The second kappa shape index (κ2) is 8.68. The Hall–Kier alpha value is -1.87. The highest BCUT2D eigenvalue weighted by Gasteiger charge is 2.27. The van der Waals surface area contributed by atoms with E-state index < -0.39 is 0 Å². The molecule has 0 aromatic carbocycles. The number of aromatic amines is 1. The zero-order valence-electron chi connectivity index (χ0n) is 14.9. The van der Waals surface area contributed by atoms with E-state index in [4.69, 9.17) is 4.74 Å². The lowest BCUT2D eigenvalue weighted by Crippen LogP contribution is -2.17. The molecule has 0 bridgehead atoms. The van der Waals surface area contributed by atoms with Crippen molar-refractivity contribution in [3.8, 4) is 0 Å². The molecule has 2 heterocycles. The van der Waals surface area contributed by atoms with Crippen LogP contribution in [0.2, 0.25) is 0 Å². The molecule has 1 amide bonds. The van der Waals surface area contributed by atoms with Gasteiger partial charge in [0.2, 0.25) is 11.1 Å². The van der Waals surface area contributed by atoms with Crippen molar-refractivity contribution in [3.63, 3.8) is 0 Å². The lowest BCUT2D eigenvalue weighted by atomic mass is 9.95. The predicted octanol–water partition coefficient (Wildman–Crippen LogP) is 3.21. The van der Waals surface area contributed by atoms with Crippen LogP contribution in [0.5, 0.6) is 0 Å². The van der Waals surface area contributed by atoms with Crippen molar-refractivity contribution in [1.29, 1.82) is 0 Å². The number of H-pyrrole nitrogens is 1. The van der Waals surface area contributed by atoms with E-state index in [0.717, 1.165) is 43.5 Å². The molecule has 0 unspecified atom stereocenters. The SMILES string of the molecule is CCOC(=O)c1c(NC(=O)CSc2n[nH]c(CC)n2)sc2c1CCCC2. The number of hydrogen-bond donors (Lipinski definition) is 2. The van der Waals surface area contributed by atoms with E-state index in [1.807, 2.05) is 6.92 Å². The summed E-state index contributed by atoms with van der Waals surface area (Å²) in [5, 5.41) is 10.9. The second-order valence-corrected chi connectivity index (χ2v) is 7.94. The quantitative estimate of drug-likeness (QED) is 0.553. The number of rotatable bonds is 7. The number of amides is 1. The summed E-state index contributed by atoms with van der Waals surface area (Å²) in [6, 6.07) is 0. The molecule has 2 aromatic heterocycles. The van der Waals surface area contributed by atoms with Crippen LogP contribution in [-0.4, -0.2) is 39.4 Å². The number of thioether (sulfide) groups is 1. The van der Waals surface area contributed by atoms with Crippen molar-refractivity contribution >= 4 is 40.0 Å². The summed E-state index contributed by atoms with van der Waals surface area (Å²) >= 11 is 2.76. The van der Waals surface area contributed by atoms with Gasteiger partial charge < -0.3 is 10.1 Å². The first-order chi connectivity index (χ1) is 12.6. The maximum Gasteiger partial charge on any atom is 0.341 e. The number of anilines is 1. The van der Waals surface area contributed by atoms with Crippen LogP contribution in [0.1, 0.15) is 53.3 Å². The first-order valence-corrected chi connectivity index (χ1v) is 10.6. The summed E-state index contributed by atoms with van der Waals surface area (Å²) in [6.45, 7) is 4.08. The lowest BCUT2D eigenvalue weighted by molar-refractivity contribution is -0.113. The molecule has 9 heteroatoms. The topological polar surface area (TPSA) is 97.0 Å². The Bertz CT molecular complexity index is 800. The smallest absolute Gasteiger partial charge is 0.341 e. The molecule has 1 aliphatic rings. The maximum absolute atomic E-state index is 12.4. The molecule has 2 N–H and O–H groups in total. The summed E-state index contributed by atoms with van der Waals surface area (Å²) < 4.78 is 5.21. The van der Waals surface area contributed by atoms with Gasteiger partial charge in [0.1, 0.15) is 10.8 Å². The van der Waals surface area contributed by atoms with Crippen LogP contribution < -0.4 is 5.32 Å². The van der Waals surface area contributed by atoms with Gasteiger partial charge in [0.15, 0.2) is 0 Å². The molecule has 0 saturated heterocycles. The van der Waals surface area contributed by atoms with Gasteiger partial charge in [-0.25, -0.2) is 9.78 Å². The molecule has 0 spiro atoms. The van der Waals surface area contributed by atoms with Gasteiger partial charge in [0.25, 0.3) is 0 Å². The van der Waals surface area contributed by atoms with Gasteiger partial charge in [-0.3, -0.25) is 9.89 Å². The van der Waals surface area contributed by atoms with Crippen molar-refractivity contribution in [2.75, 3.05) is 17.7 Å². The van der Waals surface area contributed by atoms with Gasteiger partial charge >= 0.3 is 5.97 Å². The average Bonchev–Trinajstić information content (AvgIpc) is 3.24. The van der Waals surface area contributed by atoms with Gasteiger partial charge in [-0.2, -0.15) is 0 Å². The molecule has 0 aliphatic heterocycles. The zero-order chi connectivity index (χ0) is 18.5. The highest BCUT2D eigenvalue weighted by atomic mass is 32.2. The number of thiophene rings is 1. The average molecular weight is 395 g/mol. The molecule has 140 valence electrons. The maximum atomic E-state index is 12.4. The van der Waals surface area contributed by atoms with Gasteiger partial charge in [-0.1, -0.05) is 18.7 Å². The van der Waals surface area contributed by atoms with Gasteiger partial charge in [-0.15, -0.1) is 16.4 Å². The van der Waals surface area contributed by atoms with E-state index >= 15 is 0 Å². The van der Waals surface area contributed by atoms with Crippen molar-refractivity contribution in [3.05, 3.63) is 21.8 Å². The third-order valence-corrected chi connectivity index (χ3v) is 6.14. The number of aryl methyl sites for hydroxylation is 2. The summed E-state index contributed by atoms with van der Waals surface area (Å²) in [7, 11) is 0. The van der Waals surface area contributed by atoms with E-state index in [9.17, 15) is 9.59 Å². The number of nitrogens with zero attached hydrogens (tertiary/aromatic N) is 2. The Balaban J connectivity index is 1.70. The number of carbonyl (C=O) groups is 2. The molecule has 0 atom stereocenters. The lowest BCUT2D eigenvalue weighted by Gasteiger charge is -2.12. The van der Waals surface area contributed by atoms with Gasteiger partial charge in [0.05, 0.1) is 17.9 Å². The molecule has 3 rings (SSSR count). The molecule has 26 heavy (non-hydrogen) atoms. The van der Waals surface area contributed by atoms with E-state index in [2.05, 4.69) is 20.5 Å². The van der Waals surface area contributed by atoms with Gasteiger partial charge in [0, 0.05) is 11.3 Å². The predicted molar refractivity (Wildman–Crippen MR) is 102 cm³/mol. The summed E-state index contributed by atoms with van der Waals surface area (Å²) in [5.74, 6) is 0.452. The van der Waals surface area contributed by atoms with Crippen molar-refractivity contribution < 1.29 is 14.3 Å². The first kappa shape index (κ1) is 18.9. The molecule has 1 aliphatic carbocycles. The van der Waals surface area contributed by atoms with Gasteiger partial charge in [-0.05, 0) is 38.2 Å². The largest absolute Gasteiger partial charge is 0.462 e. The first-order valence-electron chi connectivity index (χ1n) is 8.77. The number of esters is 1. The number of ether oxygens (including phenoxy) is 1. The Labute approximate surface area is 160 Å². The molecule has 0 fully saturated rings. The Kier molecular flexibility index (Phi) is 6.31. The van der Waals surface area contributed by atoms with Crippen molar-refractivity contribution in [2.45, 2.75) is 51.1 Å². The summed E-state index contributed by atoms with van der Waals surface area (Å²) in [5.41, 5.74) is 1.58. The minimum Gasteiger partial charge on any atom is -0.462 e. The number of fused-ring (bicyclic) bond motifs is 1. The minimum atomic E-state index is -0.351. The highest BCUT2D eigenvalue weighted by molar-refractivity contribution is 7.99. The van der Waals surface area contributed by atoms with Crippen LogP contribution >= 0.6 is 23.1 Å². The minimum absolute atomic E-state index is 0.179. The van der Waals surface area contributed by atoms with Crippen LogP contribution in [0.15, 0.2) is 5.16 Å². The second-order valence-electron chi connectivity index (χ2n) is 5.89. The monoisotopic (exact) mass is 394 g/mol. The molecule has 2 aromatic rings. The van der Waals surface area contributed by atoms with Crippen LogP contribution in [0.25, 0.3) is 0 Å². The van der Waals surface area contributed by atoms with Crippen LogP contribution in [0.4, 0.5) is 5.00 Å². The van der Waals surface area contributed by atoms with E-state index in [-0.39, 0.29) is 17.6 Å². The normalized spacial score (nSPS) is 13.3. The van der Waals surface area contributed by atoms with Crippen LogP contribution in [0, 0.1) is 0 Å².